The van der Waals surface area contributed by atoms with Crippen molar-refractivity contribution in [2.24, 2.45) is 0 Å². The van der Waals surface area contributed by atoms with Gasteiger partial charge >= 0.3 is 0 Å². The first-order valence-corrected chi connectivity index (χ1v) is 8.67. The maximum atomic E-state index is 6.17. The van der Waals surface area contributed by atoms with Gasteiger partial charge in [0.05, 0.1) is 32.6 Å². The van der Waals surface area contributed by atoms with Crippen molar-refractivity contribution in [1.29, 1.82) is 0 Å². The van der Waals surface area contributed by atoms with Gasteiger partial charge < -0.3 is 14.2 Å². The number of pyridine rings is 1. The predicted molar refractivity (Wildman–Crippen MR) is 97.4 cm³/mol. The molecule has 1 fully saturated rings. The summed E-state index contributed by atoms with van der Waals surface area (Å²) in [7, 11) is 1.65. The van der Waals surface area contributed by atoms with E-state index in [9.17, 15) is 0 Å². The first-order chi connectivity index (χ1) is 12.8. The molecule has 1 aliphatic heterocycles. The van der Waals surface area contributed by atoms with Gasteiger partial charge in [-0.05, 0) is 35.9 Å². The van der Waals surface area contributed by atoms with E-state index < -0.39 is 0 Å². The van der Waals surface area contributed by atoms with E-state index in [0.717, 1.165) is 41.3 Å². The molecule has 0 saturated carbocycles. The number of nitrogens with zero attached hydrogens (tertiary/aromatic N) is 3. The Morgan fingerprint density at radius 3 is 2.85 bits per heavy atom. The smallest absolute Gasteiger partial charge is 0.133 e. The van der Waals surface area contributed by atoms with Gasteiger partial charge in [-0.25, -0.2) is 0 Å². The molecule has 0 spiro atoms. The van der Waals surface area contributed by atoms with Crippen LogP contribution in [0.15, 0.2) is 55.0 Å². The molecule has 1 atom stereocenters. The number of aromatic nitrogens is 3. The number of ether oxygens (including phenoxy) is 3. The van der Waals surface area contributed by atoms with E-state index in [2.05, 4.69) is 4.98 Å². The van der Waals surface area contributed by atoms with Gasteiger partial charge in [0.1, 0.15) is 17.6 Å². The largest absolute Gasteiger partial charge is 0.497 e. The molecule has 6 heteroatoms. The summed E-state index contributed by atoms with van der Waals surface area (Å²) in [5, 5.41) is 4.71. The molecule has 0 unspecified atom stereocenters. The van der Waals surface area contributed by atoms with Crippen LogP contribution in [0.2, 0.25) is 0 Å². The summed E-state index contributed by atoms with van der Waals surface area (Å²) < 4.78 is 18.9. The van der Waals surface area contributed by atoms with Crippen molar-refractivity contribution in [2.75, 3.05) is 20.3 Å². The highest BCUT2D eigenvalue weighted by atomic mass is 16.5. The van der Waals surface area contributed by atoms with Gasteiger partial charge in [0.25, 0.3) is 0 Å². The number of methoxy groups -OCH3 is 1. The molecule has 4 rings (SSSR count). The SMILES string of the molecule is COc1ccc(-c2ccn(Cc3ccncc3)n2)c(O[C@@H]2CCOC2)c1. The van der Waals surface area contributed by atoms with Crippen molar-refractivity contribution in [1.82, 2.24) is 14.8 Å². The number of benzene rings is 1. The number of hydrogen-bond acceptors (Lipinski definition) is 5. The second-order valence-corrected chi connectivity index (χ2v) is 6.22. The van der Waals surface area contributed by atoms with Crippen LogP contribution >= 0.6 is 0 Å². The standard InChI is InChI=1S/C20H21N3O3/c1-24-16-2-3-18(20(12-16)26-17-7-11-25-14-17)19-6-10-23(22-19)13-15-4-8-21-9-5-15/h2-6,8-10,12,17H,7,11,13-14H2,1H3/t17-/m1/s1. The van der Waals surface area contributed by atoms with Crippen LogP contribution < -0.4 is 9.47 Å². The van der Waals surface area contributed by atoms with E-state index in [1.807, 2.05) is 47.3 Å². The molecule has 1 aromatic carbocycles. The van der Waals surface area contributed by atoms with Crippen LogP contribution in [0.4, 0.5) is 0 Å². The van der Waals surface area contributed by atoms with Gasteiger partial charge in [-0.2, -0.15) is 5.10 Å². The summed E-state index contributed by atoms with van der Waals surface area (Å²) >= 11 is 0. The Morgan fingerprint density at radius 2 is 2.08 bits per heavy atom. The van der Waals surface area contributed by atoms with Crippen LogP contribution in [0.1, 0.15) is 12.0 Å². The summed E-state index contributed by atoms with van der Waals surface area (Å²) in [6.45, 7) is 2.06. The Bertz CT molecular complexity index is 858. The predicted octanol–water partition coefficient (Wildman–Crippen LogP) is 3.17. The number of rotatable bonds is 6. The molecule has 2 aromatic heterocycles. The summed E-state index contributed by atoms with van der Waals surface area (Å²) in [6.07, 6.45) is 6.52. The Labute approximate surface area is 152 Å². The molecule has 1 aliphatic rings. The maximum Gasteiger partial charge on any atom is 0.133 e. The monoisotopic (exact) mass is 351 g/mol. The van der Waals surface area contributed by atoms with Gasteiger partial charge in [-0.1, -0.05) is 0 Å². The minimum absolute atomic E-state index is 0.0692. The van der Waals surface area contributed by atoms with Crippen LogP contribution in [0, 0.1) is 0 Å². The second-order valence-electron chi connectivity index (χ2n) is 6.22. The summed E-state index contributed by atoms with van der Waals surface area (Å²) in [4.78, 5) is 4.05. The van der Waals surface area contributed by atoms with E-state index in [4.69, 9.17) is 19.3 Å². The lowest BCUT2D eigenvalue weighted by molar-refractivity contribution is 0.141. The molecular formula is C20H21N3O3. The van der Waals surface area contributed by atoms with Crippen LogP contribution in [-0.4, -0.2) is 41.2 Å². The van der Waals surface area contributed by atoms with E-state index >= 15 is 0 Å². The van der Waals surface area contributed by atoms with Crippen molar-refractivity contribution in [3.63, 3.8) is 0 Å². The molecule has 0 aliphatic carbocycles. The van der Waals surface area contributed by atoms with Gasteiger partial charge in [0.15, 0.2) is 0 Å². The zero-order chi connectivity index (χ0) is 17.8. The highest BCUT2D eigenvalue weighted by molar-refractivity contribution is 5.68. The average molecular weight is 351 g/mol. The Kier molecular flexibility index (Phi) is 4.84. The van der Waals surface area contributed by atoms with Crippen LogP contribution in [0.25, 0.3) is 11.3 Å². The van der Waals surface area contributed by atoms with Gasteiger partial charge in [0, 0.05) is 36.6 Å². The normalized spacial score (nSPS) is 16.6. The third kappa shape index (κ3) is 3.70. The molecule has 1 saturated heterocycles. The summed E-state index contributed by atoms with van der Waals surface area (Å²) in [5.74, 6) is 1.54. The van der Waals surface area contributed by atoms with E-state index in [-0.39, 0.29) is 6.10 Å². The van der Waals surface area contributed by atoms with E-state index in [0.29, 0.717) is 13.2 Å². The molecule has 3 heterocycles. The zero-order valence-electron chi connectivity index (χ0n) is 14.7. The molecule has 134 valence electrons. The van der Waals surface area contributed by atoms with Crippen molar-refractivity contribution in [2.45, 2.75) is 19.1 Å². The topological polar surface area (TPSA) is 58.4 Å². The molecule has 0 N–H and O–H groups in total. The first kappa shape index (κ1) is 16.6. The fraction of sp³-hybridized carbons (Fsp3) is 0.300. The lowest BCUT2D eigenvalue weighted by Crippen LogP contribution is -2.16. The van der Waals surface area contributed by atoms with Crippen molar-refractivity contribution in [3.05, 3.63) is 60.6 Å². The second kappa shape index (κ2) is 7.58. The lowest BCUT2D eigenvalue weighted by atomic mass is 10.1. The van der Waals surface area contributed by atoms with Crippen LogP contribution in [0.5, 0.6) is 11.5 Å². The third-order valence-corrected chi connectivity index (χ3v) is 4.38. The molecular weight excluding hydrogens is 330 g/mol. The average Bonchev–Trinajstić information content (AvgIpc) is 3.35. The van der Waals surface area contributed by atoms with Crippen molar-refractivity contribution in [3.8, 4) is 22.8 Å². The van der Waals surface area contributed by atoms with Crippen LogP contribution in [-0.2, 0) is 11.3 Å². The Hall–Kier alpha value is -2.86. The van der Waals surface area contributed by atoms with E-state index in [1.54, 1.807) is 19.5 Å². The Morgan fingerprint density at radius 1 is 1.19 bits per heavy atom. The fourth-order valence-corrected chi connectivity index (χ4v) is 2.99. The first-order valence-electron chi connectivity index (χ1n) is 8.67. The van der Waals surface area contributed by atoms with Gasteiger partial charge in [-0.15, -0.1) is 0 Å². The quantitative estimate of drug-likeness (QED) is 0.683. The Balaban J connectivity index is 1.60. The van der Waals surface area contributed by atoms with E-state index in [1.165, 1.54) is 0 Å². The molecule has 6 nitrogen and oxygen atoms in total. The molecule has 3 aromatic rings. The maximum absolute atomic E-state index is 6.17. The van der Waals surface area contributed by atoms with Crippen molar-refractivity contribution < 1.29 is 14.2 Å². The minimum Gasteiger partial charge on any atom is -0.497 e. The van der Waals surface area contributed by atoms with Gasteiger partial charge in [0.2, 0.25) is 0 Å². The number of hydrogen-bond donors (Lipinski definition) is 0. The molecule has 26 heavy (non-hydrogen) atoms. The van der Waals surface area contributed by atoms with Gasteiger partial charge in [-0.3, -0.25) is 9.67 Å². The summed E-state index contributed by atoms with van der Waals surface area (Å²) in [5.41, 5.74) is 2.98. The lowest BCUT2D eigenvalue weighted by Gasteiger charge is -2.16. The van der Waals surface area contributed by atoms with Crippen molar-refractivity contribution >= 4 is 0 Å². The molecule has 0 radical (unpaired) electrons. The fourth-order valence-electron chi connectivity index (χ4n) is 2.99. The highest BCUT2D eigenvalue weighted by Crippen LogP contribution is 2.34. The molecule has 0 amide bonds. The minimum atomic E-state index is 0.0692. The zero-order valence-corrected chi connectivity index (χ0v) is 14.7. The molecule has 0 bridgehead atoms. The third-order valence-electron chi connectivity index (χ3n) is 4.38. The highest BCUT2D eigenvalue weighted by Gasteiger charge is 2.20. The summed E-state index contributed by atoms with van der Waals surface area (Å²) in [6, 6.07) is 11.8. The van der Waals surface area contributed by atoms with Crippen LogP contribution in [0.3, 0.4) is 0 Å².